The van der Waals surface area contributed by atoms with Crippen LogP contribution in [0.3, 0.4) is 0 Å². The molecule has 5 rings (SSSR count). The number of carbonyl (C=O) groups excluding carboxylic acids is 3. The van der Waals surface area contributed by atoms with Crippen LogP contribution in [-0.2, 0) is 16.1 Å². The van der Waals surface area contributed by atoms with Gasteiger partial charge in [-0.2, -0.15) is 0 Å². The number of nitrogens with two attached hydrogens (primary N) is 1. The fraction of sp³-hybridized carbons (Fsp3) is 0.500. The third-order valence-corrected chi connectivity index (χ3v) is 6.85. The van der Waals surface area contributed by atoms with Gasteiger partial charge in [0, 0.05) is 30.0 Å². The number of amides is 3. The van der Waals surface area contributed by atoms with Gasteiger partial charge in [-0.15, -0.1) is 5.10 Å². The van der Waals surface area contributed by atoms with Gasteiger partial charge in [0.05, 0.1) is 17.6 Å². The van der Waals surface area contributed by atoms with E-state index in [0.717, 1.165) is 36.2 Å². The Bertz CT molecular complexity index is 1050. The predicted molar refractivity (Wildman–Crippen MR) is 111 cm³/mol. The second-order valence-electron chi connectivity index (χ2n) is 8.76. The fourth-order valence-corrected chi connectivity index (χ4v) is 5.14. The number of fused-ring (bicyclic) bond motifs is 1. The highest BCUT2D eigenvalue weighted by Gasteiger charge is 2.40. The topological polar surface area (TPSA) is 123 Å². The van der Waals surface area contributed by atoms with Gasteiger partial charge in [0.15, 0.2) is 0 Å². The van der Waals surface area contributed by atoms with Crippen LogP contribution in [-0.4, -0.2) is 50.2 Å². The maximum atomic E-state index is 13.0. The number of hydrogen-bond acceptors (Lipinski definition) is 6. The third-order valence-electron chi connectivity index (χ3n) is 6.85. The lowest BCUT2D eigenvalue weighted by molar-refractivity contribution is -0.136. The van der Waals surface area contributed by atoms with E-state index in [0.29, 0.717) is 36.9 Å². The normalized spacial score (nSPS) is 26.2. The van der Waals surface area contributed by atoms with Crippen LogP contribution in [0.1, 0.15) is 66.1 Å². The van der Waals surface area contributed by atoms with E-state index in [1.165, 1.54) is 6.42 Å². The molecule has 2 fully saturated rings. The standard InChI is InChI=1S/C22H26N6O3/c23-10-13-3-1-4-14(9-13)17-12-28(26-25-17)18-6-2-5-15-16(18)11-27(22(15)31)19-7-8-20(29)24-21(19)30/h2,5-6,12-14,19H,1,3-4,7-11,23H2,(H,24,29,30)/t13-,14+,19?/m1/s1. The molecule has 1 aliphatic carbocycles. The van der Waals surface area contributed by atoms with Crippen molar-refractivity contribution < 1.29 is 14.4 Å². The van der Waals surface area contributed by atoms with E-state index < -0.39 is 11.9 Å². The molecule has 2 aromatic rings. The summed E-state index contributed by atoms with van der Waals surface area (Å²) < 4.78 is 1.74. The Kier molecular flexibility index (Phi) is 5.05. The van der Waals surface area contributed by atoms with Gasteiger partial charge in [0.25, 0.3) is 5.91 Å². The summed E-state index contributed by atoms with van der Waals surface area (Å²) in [6, 6.07) is 4.89. The number of nitrogens with zero attached hydrogens (tertiary/aromatic N) is 4. The van der Waals surface area contributed by atoms with E-state index in [2.05, 4.69) is 15.6 Å². The summed E-state index contributed by atoms with van der Waals surface area (Å²) in [7, 11) is 0. The number of benzene rings is 1. The van der Waals surface area contributed by atoms with Gasteiger partial charge in [-0.1, -0.05) is 17.7 Å². The Morgan fingerprint density at radius 2 is 2.03 bits per heavy atom. The lowest BCUT2D eigenvalue weighted by Crippen LogP contribution is -2.52. The van der Waals surface area contributed by atoms with Crippen LogP contribution < -0.4 is 11.1 Å². The van der Waals surface area contributed by atoms with Crippen LogP contribution in [0.25, 0.3) is 5.69 Å². The van der Waals surface area contributed by atoms with Gasteiger partial charge in [-0.25, -0.2) is 4.68 Å². The molecule has 1 aromatic heterocycles. The Morgan fingerprint density at radius 3 is 2.84 bits per heavy atom. The molecule has 0 radical (unpaired) electrons. The Labute approximate surface area is 180 Å². The number of carbonyl (C=O) groups is 3. The molecule has 0 bridgehead atoms. The zero-order chi connectivity index (χ0) is 21.5. The van der Waals surface area contributed by atoms with Crippen LogP contribution in [0.2, 0.25) is 0 Å². The fourth-order valence-electron chi connectivity index (χ4n) is 5.14. The maximum Gasteiger partial charge on any atom is 0.255 e. The molecule has 31 heavy (non-hydrogen) atoms. The highest BCUT2D eigenvalue weighted by Crippen LogP contribution is 2.36. The lowest BCUT2D eigenvalue weighted by atomic mass is 9.80. The third kappa shape index (κ3) is 3.52. The van der Waals surface area contributed by atoms with Crippen molar-refractivity contribution in [3.63, 3.8) is 0 Å². The molecule has 2 aliphatic heterocycles. The zero-order valence-corrected chi connectivity index (χ0v) is 17.3. The highest BCUT2D eigenvalue weighted by molar-refractivity contribution is 6.05. The van der Waals surface area contributed by atoms with Gasteiger partial charge in [0.2, 0.25) is 11.8 Å². The lowest BCUT2D eigenvalue weighted by Gasteiger charge is -2.29. The maximum absolute atomic E-state index is 13.0. The summed E-state index contributed by atoms with van der Waals surface area (Å²) in [5.41, 5.74) is 9.04. The molecule has 1 aromatic carbocycles. The number of imide groups is 1. The molecular weight excluding hydrogens is 396 g/mol. The van der Waals surface area contributed by atoms with Gasteiger partial charge >= 0.3 is 0 Å². The molecule has 0 spiro atoms. The SMILES string of the molecule is NC[C@@H]1CCC[C@H](c2cn(-c3cccc4c3CN(C3CCC(=O)NC3=O)C4=O)nn2)C1. The number of aromatic nitrogens is 3. The van der Waals surface area contributed by atoms with Crippen LogP contribution in [0.5, 0.6) is 0 Å². The summed E-state index contributed by atoms with van der Waals surface area (Å²) in [4.78, 5) is 38.4. The van der Waals surface area contributed by atoms with Crippen LogP contribution in [0.15, 0.2) is 24.4 Å². The van der Waals surface area contributed by atoms with Gasteiger partial charge in [0.1, 0.15) is 6.04 Å². The Morgan fingerprint density at radius 1 is 1.16 bits per heavy atom. The summed E-state index contributed by atoms with van der Waals surface area (Å²) >= 11 is 0. The van der Waals surface area contributed by atoms with Crippen LogP contribution in [0.4, 0.5) is 0 Å². The molecule has 9 heteroatoms. The van der Waals surface area contributed by atoms with Crippen molar-refractivity contribution in [2.45, 2.75) is 57.0 Å². The number of rotatable bonds is 4. The first kappa shape index (κ1) is 19.9. The van der Waals surface area contributed by atoms with Crippen molar-refractivity contribution in [3.8, 4) is 5.69 Å². The van der Waals surface area contributed by atoms with Gasteiger partial charge < -0.3 is 10.6 Å². The van der Waals surface area contributed by atoms with E-state index in [9.17, 15) is 14.4 Å². The van der Waals surface area contributed by atoms with Gasteiger partial charge in [-0.3, -0.25) is 19.7 Å². The van der Waals surface area contributed by atoms with E-state index in [-0.39, 0.29) is 18.2 Å². The molecule has 3 N–H and O–H groups in total. The average Bonchev–Trinajstić information content (AvgIpc) is 3.39. The first-order valence-corrected chi connectivity index (χ1v) is 10.9. The minimum absolute atomic E-state index is 0.190. The van der Waals surface area contributed by atoms with Crippen molar-refractivity contribution in [1.29, 1.82) is 0 Å². The van der Waals surface area contributed by atoms with Crippen molar-refractivity contribution in [2.24, 2.45) is 11.7 Å². The summed E-state index contributed by atoms with van der Waals surface area (Å²) in [5, 5.41) is 11.1. The minimum Gasteiger partial charge on any atom is -0.330 e. The molecule has 1 saturated carbocycles. The van der Waals surface area contributed by atoms with Crippen molar-refractivity contribution in [2.75, 3.05) is 6.54 Å². The number of hydrogen-bond donors (Lipinski definition) is 2. The van der Waals surface area contributed by atoms with E-state index in [1.54, 1.807) is 15.6 Å². The number of nitrogens with one attached hydrogen (secondary N) is 1. The molecule has 1 saturated heterocycles. The van der Waals surface area contributed by atoms with Crippen molar-refractivity contribution in [3.05, 3.63) is 41.2 Å². The van der Waals surface area contributed by atoms with E-state index in [4.69, 9.17) is 5.73 Å². The second kappa shape index (κ2) is 7.88. The Hall–Kier alpha value is -3.07. The predicted octanol–water partition coefficient (Wildman–Crippen LogP) is 1.26. The monoisotopic (exact) mass is 422 g/mol. The summed E-state index contributed by atoms with van der Waals surface area (Å²) in [6.45, 7) is 1.01. The smallest absolute Gasteiger partial charge is 0.255 e. The molecule has 3 atom stereocenters. The van der Waals surface area contributed by atoms with E-state index >= 15 is 0 Å². The molecule has 162 valence electrons. The molecule has 9 nitrogen and oxygen atoms in total. The Balaban J connectivity index is 1.41. The summed E-state index contributed by atoms with van der Waals surface area (Å²) in [6.07, 6.45) is 6.98. The molecule has 3 heterocycles. The molecular formula is C22H26N6O3. The zero-order valence-electron chi connectivity index (χ0n) is 17.3. The quantitative estimate of drug-likeness (QED) is 0.715. The molecule has 3 aliphatic rings. The minimum atomic E-state index is -0.632. The number of piperidine rings is 1. The highest BCUT2D eigenvalue weighted by atomic mass is 16.2. The van der Waals surface area contributed by atoms with Crippen molar-refractivity contribution >= 4 is 17.7 Å². The second-order valence-corrected chi connectivity index (χ2v) is 8.76. The first-order chi connectivity index (χ1) is 15.0. The van der Waals surface area contributed by atoms with Gasteiger partial charge in [-0.05, 0) is 50.3 Å². The van der Waals surface area contributed by atoms with Crippen molar-refractivity contribution in [1.82, 2.24) is 25.2 Å². The summed E-state index contributed by atoms with van der Waals surface area (Å²) in [5.74, 6) is -0.00155. The average molecular weight is 422 g/mol. The van der Waals surface area contributed by atoms with Crippen LogP contribution >= 0.6 is 0 Å². The largest absolute Gasteiger partial charge is 0.330 e. The van der Waals surface area contributed by atoms with E-state index in [1.807, 2.05) is 18.3 Å². The molecule has 1 unspecified atom stereocenters. The first-order valence-electron chi connectivity index (χ1n) is 10.9. The molecule has 3 amide bonds. The van der Waals surface area contributed by atoms with Crippen LogP contribution in [0, 0.1) is 5.92 Å².